The van der Waals surface area contributed by atoms with Gasteiger partial charge in [-0.2, -0.15) is 0 Å². The average molecular weight is 172 g/mol. The minimum atomic E-state index is 0.823. The van der Waals surface area contributed by atoms with Crippen LogP contribution in [0, 0.1) is 11.8 Å². The van der Waals surface area contributed by atoms with Crippen molar-refractivity contribution in [1.29, 1.82) is 0 Å². The summed E-state index contributed by atoms with van der Waals surface area (Å²) >= 11 is 0. The first kappa shape index (κ1) is 8.55. The summed E-state index contributed by atoms with van der Waals surface area (Å²) in [7, 11) is 0. The first-order valence-electron chi connectivity index (χ1n) is 5.06. The van der Waals surface area contributed by atoms with E-state index < -0.39 is 0 Å². The highest BCUT2D eigenvalue weighted by atomic mass is 14.4. The van der Waals surface area contributed by atoms with E-state index in [0.29, 0.717) is 0 Å². The first-order valence-corrected chi connectivity index (χ1v) is 5.06. The van der Waals surface area contributed by atoms with Crippen molar-refractivity contribution in [2.75, 3.05) is 0 Å². The van der Waals surface area contributed by atoms with Gasteiger partial charge in [-0.25, -0.2) is 0 Å². The Kier molecular flexibility index (Phi) is 2.49. The van der Waals surface area contributed by atoms with Crippen molar-refractivity contribution >= 4 is 0 Å². The van der Waals surface area contributed by atoms with Gasteiger partial charge in [0.15, 0.2) is 0 Å². The van der Waals surface area contributed by atoms with Crippen molar-refractivity contribution in [3.8, 4) is 0 Å². The molecule has 13 heavy (non-hydrogen) atoms. The maximum atomic E-state index is 3.83. The van der Waals surface area contributed by atoms with Gasteiger partial charge < -0.3 is 0 Å². The molecule has 2 atom stereocenters. The second-order valence-electron chi connectivity index (χ2n) is 3.92. The van der Waals surface area contributed by atoms with Gasteiger partial charge in [0, 0.05) is 0 Å². The Balaban J connectivity index is 1.78. The monoisotopic (exact) mass is 172 g/mol. The van der Waals surface area contributed by atoms with E-state index in [2.05, 4.69) is 43.0 Å². The molecule has 1 aromatic rings. The molecule has 2 unspecified atom stereocenters. The highest BCUT2D eigenvalue weighted by Gasteiger charge is 2.33. The molecule has 1 fully saturated rings. The molecular formula is C13H16. The molecular weight excluding hydrogens is 156 g/mol. The van der Waals surface area contributed by atoms with Gasteiger partial charge in [-0.15, -0.1) is 6.58 Å². The van der Waals surface area contributed by atoms with E-state index in [1.807, 2.05) is 0 Å². The minimum Gasteiger partial charge on any atom is -0.103 e. The van der Waals surface area contributed by atoms with Gasteiger partial charge in [-0.1, -0.05) is 36.4 Å². The zero-order valence-corrected chi connectivity index (χ0v) is 7.95. The molecule has 68 valence electrons. The SMILES string of the molecule is C=CC1CC1CCc1ccccc1. The summed E-state index contributed by atoms with van der Waals surface area (Å²) < 4.78 is 0. The molecule has 0 heterocycles. The summed E-state index contributed by atoms with van der Waals surface area (Å²) in [5.74, 6) is 1.75. The Morgan fingerprint density at radius 3 is 2.69 bits per heavy atom. The molecule has 0 bridgehead atoms. The Morgan fingerprint density at radius 1 is 1.31 bits per heavy atom. The van der Waals surface area contributed by atoms with Gasteiger partial charge >= 0.3 is 0 Å². The van der Waals surface area contributed by atoms with Gasteiger partial charge in [-0.3, -0.25) is 0 Å². The average Bonchev–Trinajstić information content (AvgIpc) is 2.95. The fourth-order valence-corrected chi connectivity index (χ4v) is 1.89. The van der Waals surface area contributed by atoms with Crippen molar-refractivity contribution in [3.63, 3.8) is 0 Å². The Hall–Kier alpha value is -1.04. The molecule has 0 heteroatoms. The Morgan fingerprint density at radius 2 is 2.08 bits per heavy atom. The summed E-state index contributed by atoms with van der Waals surface area (Å²) in [4.78, 5) is 0. The van der Waals surface area contributed by atoms with E-state index >= 15 is 0 Å². The molecule has 0 N–H and O–H groups in total. The first-order chi connectivity index (χ1) is 6.40. The van der Waals surface area contributed by atoms with Gasteiger partial charge in [0.2, 0.25) is 0 Å². The van der Waals surface area contributed by atoms with Crippen molar-refractivity contribution in [1.82, 2.24) is 0 Å². The highest BCUT2D eigenvalue weighted by Crippen LogP contribution is 2.42. The van der Waals surface area contributed by atoms with Crippen LogP contribution >= 0.6 is 0 Å². The lowest BCUT2D eigenvalue weighted by Gasteiger charge is -1.98. The van der Waals surface area contributed by atoms with Gasteiger partial charge in [0.05, 0.1) is 0 Å². The zero-order valence-electron chi connectivity index (χ0n) is 7.95. The third-order valence-corrected chi connectivity index (χ3v) is 2.93. The molecule has 1 aliphatic rings. The van der Waals surface area contributed by atoms with Crippen LogP contribution in [0.15, 0.2) is 43.0 Å². The molecule has 0 spiro atoms. The van der Waals surface area contributed by atoms with Crippen LogP contribution < -0.4 is 0 Å². The number of rotatable bonds is 4. The van der Waals surface area contributed by atoms with Crippen LogP contribution in [-0.4, -0.2) is 0 Å². The van der Waals surface area contributed by atoms with Gasteiger partial charge in [0.25, 0.3) is 0 Å². The lowest BCUT2D eigenvalue weighted by Crippen LogP contribution is -1.87. The predicted molar refractivity (Wildman–Crippen MR) is 56.6 cm³/mol. The van der Waals surface area contributed by atoms with Crippen LogP contribution in [0.1, 0.15) is 18.4 Å². The maximum absolute atomic E-state index is 3.83. The standard InChI is InChI=1S/C13H16/c1-2-12-10-13(12)9-8-11-6-4-3-5-7-11/h2-7,12-13H,1,8-10H2. The van der Waals surface area contributed by atoms with Crippen LogP contribution in [0.5, 0.6) is 0 Å². The molecule has 1 aromatic carbocycles. The van der Waals surface area contributed by atoms with Crippen LogP contribution in [0.2, 0.25) is 0 Å². The van der Waals surface area contributed by atoms with E-state index in [1.165, 1.54) is 24.8 Å². The highest BCUT2D eigenvalue weighted by molar-refractivity contribution is 5.15. The van der Waals surface area contributed by atoms with Gasteiger partial charge in [-0.05, 0) is 36.7 Å². The van der Waals surface area contributed by atoms with E-state index in [1.54, 1.807) is 0 Å². The second-order valence-corrected chi connectivity index (χ2v) is 3.92. The largest absolute Gasteiger partial charge is 0.103 e. The lowest BCUT2D eigenvalue weighted by molar-refractivity contribution is 0.696. The lowest BCUT2D eigenvalue weighted by atomic mass is 10.1. The third-order valence-electron chi connectivity index (χ3n) is 2.93. The molecule has 0 amide bonds. The number of aryl methyl sites for hydroxylation is 1. The van der Waals surface area contributed by atoms with Crippen molar-refractivity contribution in [2.24, 2.45) is 11.8 Å². The van der Waals surface area contributed by atoms with Crippen molar-refractivity contribution in [3.05, 3.63) is 48.6 Å². The summed E-state index contributed by atoms with van der Waals surface area (Å²) in [6.45, 7) is 3.83. The topological polar surface area (TPSA) is 0 Å². The molecule has 2 rings (SSSR count). The fraction of sp³-hybridized carbons (Fsp3) is 0.385. The van der Waals surface area contributed by atoms with E-state index in [9.17, 15) is 0 Å². The second kappa shape index (κ2) is 3.78. The zero-order chi connectivity index (χ0) is 9.10. The summed E-state index contributed by atoms with van der Waals surface area (Å²) in [5, 5.41) is 0. The van der Waals surface area contributed by atoms with Crippen LogP contribution in [0.4, 0.5) is 0 Å². The quantitative estimate of drug-likeness (QED) is 0.610. The van der Waals surface area contributed by atoms with Crippen molar-refractivity contribution in [2.45, 2.75) is 19.3 Å². The Labute approximate surface area is 80.3 Å². The predicted octanol–water partition coefficient (Wildman–Crippen LogP) is 3.44. The molecule has 0 nitrogen and oxygen atoms in total. The molecule has 0 radical (unpaired) electrons. The number of benzene rings is 1. The number of hydrogen-bond donors (Lipinski definition) is 0. The minimum absolute atomic E-state index is 0.823. The van der Waals surface area contributed by atoms with E-state index in [-0.39, 0.29) is 0 Å². The van der Waals surface area contributed by atoms with E-state index in [4.69, 9.17) is 0 Å². The molecule has 0 aliphatic heterocycles. The van der Waals surface area contributed by atoms with Crippen LogP contribution in [-0.2, 0) is 6.42 Å². The number of hydrogen-bond acceptors (Lipinski definition) is 0. The normalized spacial score (nSPS) is 25.5. The maximum Gasteiger partial charge on any atom is -0.0205 e. The fourth-order valence-electron chi connectivity index (χ4n) is 1.89. The van der Waals surface area contributed by atoms with Crippen molar-refractivity contribution < 1.29 is 0 Å². The van der Waals surface area contributed by atoms with E-state index in [0.717, 1.165) is 11.8 Å². The third kappa shape index (κ3) is 2.21. The van der Waals surface area contributed by atoms with Gasteiger partial charge in [0.1, 0.15) is 0 Å². The summed E-state index contributed by atoms with van der Waals surface area (Å²) in [6, 6.07) is 10.7. The Bertz CT molecular complexity index is 273. The molecule has 1 aliphatic carbocycles. The number of allylic oxidation sites excluding steroid dienone is 1. The smallest absolute Gasteiger partial charge is 0.0205 e. The molecule has 0 saturated heterocycles. The van der Waals surface area contributed by atoms with Crippen LogP contribution in [0.3, 0.4) is 0 Å². The summed E-state index contributed by atoms with van der Waals surface area (Å²) in [5.41, 5.74) is 1.47. The van der Waals surface area contributed by atoms with Crippen LogP contribution in [0.25, 0.3) is 0 Å². The molecule has 1 saturated carbocycles. The molecule has 0 aromatic heterocycles. The summed E-state index contributed by atoms with van der Waals surface area (Å²) in [6.07, 6.45) is 6.04.